The largest absolute Gasteiger partial charge is 0.308 e. The van der Waals surface area contributed by atoms with Gasteiger partial charge in [0.2, 0.25) is 0 Å². The molecule has 0 aromatic carbocycles. The van der Waals surface area contributed by atoms with E-state index in [1.807, 2.05) is 5.38 Å². The fourth-order valence-corrected chi connectivity index (χ4v) is 4.04. The first kappa shape index (κ1) is 10.7. The van der Waals surface area contributed by atoms with Gasteiger partial charge >= 0.3 is 0 Å². The molecular formula is C12H19N3S. The van der Waals surface area contributed by atoms with E-state index in [1.54, 1.807) is 0 Å². The quantitative estimate of drug-likeness (QED) is 0.874. The first-order valence-corrected chi connectivity index (χ1v) is 7.16. The standard InChI is InChI=1S/C12H19N3S/c1-8(13-6-11-7-16-15-14-11)12-5-9-2-3-10(12)4-9/h7-10,12-13H,2-6H2,1H3. The molecule has 1 heterocycles. The van der Waals surface area contributed by atoms with Crippen LogP contribution in [0, 0.1) is 17.8 Å². The van der Waals surface area contributed by atoms with Crippen LogP contribution in [0.4, 0.5) is 0 Å². The second-order valence-electron chi connectivity index (χ2n) is 5.40. The van der Waals surface area contributed by atoms with Crippen molar-refractivity contribution >= 4 is 11.5 Å². The van der Waals surface area contributed by atoms with Gasteiger partial charge in [-0.05, 0) is 55.5 Å². The van der Waals surface area contributed by atoms with Crippen LogP contribution in [0.1, 0.15) is 38.3 Å². The van der Waals surface area contributed by atoms with E-state index in [1.165, 1.54) is 37.2 Å². The third-order valence-electron chi connectivity index (χ3n) is 4.45. The Morgan fingerprint density at radius 3 is 3.06 bits per heavy atom. The topological polar surface area (TPSA) is 37.8 Å². The fourth-order valence-electron chi connectivity index (χ4n) is 3.58. The Bertz CT molecular complexity index is 338. The molecule has 3 nitrogen and oxygen atoms in total. The van der Waals surface area contributed by atoms with Crippen LogP contribution in [0.5, 0.6) is 0 Å². The molecule has 2 bridgehead atoms. The van der Waals surface area contributed by atoms with E-state index in [2.05, 4.69) is 21.8 Å². The summed E-state index contributed by atoms with van der Waals surface area (Å²) in [6, 6.07) is 0.636. The predicted octanol–water partition coefficient (Wildman–Crippen LogP) is 2.45. The van der Waals surface area contributed by atoms with Crippen molar-refractivity contribution in [3.05, 3.63) is 11.1 Å². The number of aromatic nitrogens is 2. The number of fused-ring (bicyclic) bond motifs is 2. The van der Waals surface area contributed by atoms with Gasteiger partial charge in [0, 0.05) is 18.0 Å². The minimum Gasteiger partial charge on any atom is -0.308 e. The maximum atomic E-state index is 4.07. The van der Waals surface area contributed by atoms with E-state index in [0.717, 1.165) is 30.0 Å². The third kappa shape index (κ3) is 2.00. The smallest absolute Gasteiger partial charge is 0.0893 e. The molecule has 0 amide bonds. The molecule has 4 heteroatoms. The molecule has 2 fully saturated rings. The van der Waals surface area contributed by atoms with Crippen LogP contribution in [-0.2, 0) is 6.54 Å². The summed E-state index contributed by atoms with van der Waals surface area (Å²) in [7, 11) is 0. The summed E-state index contributed by atoms with van der Waals surface area (Å²) in [5.41, 5.74) is 1.08. The molecule has 4 atom stereocenters. The van der Waals surface area contributed by atoms with Crippen molar-refractivity contribution in [3.63, 3.8) is 0 Å². The molecule has 1 aromatic heterocycles. The van der Waals surface area contributed by atoms with Crippen LogP contribution >= 0.6 is 11.5 Å². The lowest BCUT2D eigenvalue weighted by molar-refractivity contribution is 0.259. The molecule has 4 unspecified atom stereocenters. The van der Waals surface area contributed by atoms with Gasteiger partial charge in [-0.25, -0.2) is 0 Å². The van der Waals surface area contributed by atoms with Crippen molar-refractivity contribution < 1.29 is 0 Å². The molecule has 88 valence electrons. The highest BCUT2D eigenvalue weighted by molar-refractivity contribution is 7.03. The Morgan fingerprint density at radius 1 is 1.50 bits per heavy atom. The first-order chi connectivity index (χ1) is 7.83. The maximum Gasteiger partial charge on any atom is 0.0893 e. The van der Waals surface area contributed by atoms with E-state index in [9.17, 15) is 0 Å². The molecule has 0 radical (unpaired) electrons. The van der Waals surface area contributed by atoms with Crippen LogP contribution in [0.2, 0.25) is 0 Å². The van der Waals surface area contributed by atoms with Gasteiger partial charge in [0.1, 0.15) is 0 Å². The molecule has 0 saturated heterocycles. The van der Waals surface area contributed by atoms with Crippen LogP contribution in [-0.4, -0.2) is 15.6 Å². The van der Waals surface area contributed by atoms with E-state index >= 15 is 0 Å². The van der Waals surface area contributed by atoms with Gasteiger partial charge in [-0.15, -0.1) is 5.10 Å². The van der Waals surface area contributed by atoms with E-state index in [4.69, 9.17) is 0 Å². The zero-order valence-electron chi connectivity index (χ0n) is 9.72. The number of rotatable bonds is 4. The van der Waals surface area contributed by atoms with Gasteiger partial charge in [-0.2, -0.15) is 0 Å². The number of nitrogens with one attached hydrogen (secondary N) is 1. The lowest BCUT2D eigenvalue weighted by atomic mass is 9.84. The maximum absolute atomic E-state index is 4.07. The van der Waals surface area contributed by atoms with Gasteiger partial charge in [0.15, 0.2) is 0 Å². The lowest BCUT2D eigenvalue weighted by Gasteiger charge is -2.28. The number of hydrogen-bond donors (Lipinski definition) is 1. The predicted molar refractivity (Wildman–Crippen MR) is 65.1 cm³/mol. The van der Waals surface area contributed by atoms with Gasteiger partial charge in [-0.1, -0.05) is 10.9 Å². The molecule has 1 aromatic rings. The van der Waals surface area contributed by atoms with Crippen LogP contribution < -0.4 is 5.32 Å². The van der Waals surface area contributed by atoms with Gasteiger partial charge in [0.25, 0.3) is 0 Å². The first-order valence-electron chi connectivity index (χ1n) is 6.32. The average molecular weight is 237 g/mol. The second-order valence-corrected chi connectivity index (χ2v) is 6.01. The summed E-state index contributed by atoms with van der Waals surface area (Å²) in [6.45, 7) is 3.22. The van der Waals surface area contributed by atoms with Crippen LogP contribution in [0.3, 0.4) is 0 Å². The Hall–Kier alpha value is -0.480. The van der Waals surface area contributed by atoms with E-state index in [0.29, 0.717) is 6.04 Å². The van der Waals surface area contributed by atoms with Crippen LogP contribution in [0.15, 0.2) is 5.38 Å². The zero-order valence-corrected chi connectivity index (χ0v) is 10.5. The van der Waals surface area contributed by atoms with Crippen LogP contribution in [0.25, 0.3) is 0 Å². The SMILES string of the molecule is CC(NCc1csnn1)C1CC2CCC1C2. The second kappa shape index (κ2) is 4.41. The Kier molecular flexibility index (Phi) is 2.94. The molecule has 2 aliphatic rings. The molecule has 1 N–H and O–H groups in total. The molecule has 16 heavy (non-hydrogen) atoms. The van der Waals surface area contributed by atoms with Gasteiger partial charge in [-0.3, -0.25) is 0 Å². The number of nitrogens with zero attached hydrogens (tertiary/aromatic N) is 2. The van der Waals surface area contributed by atoms with E-state index in [-0.39, 0.29) is 0 Å². The summed E-state index contributed by atoms with van der Waals surface area (Å²) in [4.78, 5) is 0. The summed E-state index contributed by atoms with van der Waals surface area (Å²) in [6.07, 6.45) is 5.91. The monoisotopic (exact) mass is 237 g/mol. The lowest BCUT2D eigenvalue weighted by Crippen LogP contribution is -2.35. The van der Waals surface area contributed by atoms with Crippen molar-refractivity contribution in [3.8, 4) is 0 Å². The number of hydrogen-bond acceptors (Lipinski definition) is 4. The minimum absolute atomic E-state index is 0.636. The van der Waals surface area contributed by atoms with E-state index < -0.39 is 0 Å². The Balaban J connectivity index is 1.52. The summed E-state index contributed by atoms with van der Waals surface area (Å²) < 4.78 is 3.89. The highest BCUT2D eigenvalue weighted by Gasteiger charge is 2.41. The highest BCUT2D eigenvalue weighted by Crippen LogP contribution is 2.49. The summed E-state index contributed by atoms with van der Waals surface area (Å²) >= 11 is 1.43. The van der Waals surface area contributed by atoms with Gasteiger partial charge in [0.05, 0.1) is 5.69 Å². The van der Waals surface area contributed by atoms with Crippen molar-refractivity contribution in [1.82, 2.24) is 14.9 Å². The fraction of sp³-hybridized carbons (Fsp3) is 0.833. The normalized spacial score (nSPS) is 34.4. The summed E-state index contributed by atoms with van der Waals surface area (Å²) in [5, 5.41) is 9.71. The zero-order chi connectivity index (χ0) is 11.0. The van der Waals surface area contributed by atoms with Crippen molar-refractivity contribution in [2.24, 2.45) is 17.8 Å². The average Bonchev–Trinajstić information content (AvgIpc) is 3.01. The van der Waals surface area contributed by atoms with Crippen molar-refractivity contribution in [1.29, 1.82) is 0 Å². The molecular weight excluding hydrogens is 218 g/mol. The van der Waals surface area contributed by atoms with Gasteiger partial charge < -0.3 is 5.32 Å². The summed E-state index contributed by atoms with van der Waals surface area (Å²) in [5.74, 6) is 2.95. The Labute approximate surface area is 101 Å². The van der Waals surface area contributed by atoms with Crippen molar-refractivity contribution in [2.45, 2.75) is 45.2 Å². The minimum atomic E-state index is 0.636. The third-order valence-corrected chi connectivity index (χ3v) is 5.00. The molecule has 2 aliphatic carbocycles. The Morgan fingerprint density at radius 2 is 2.44 bits per heavy atom. The molecule has 2 saturated carbocycles. The molecule has 0 aliphatic heterocycles. The molecule has 3 rings (SSSR count). The molecule has 0 spiro atoms. The van der Waals surface area contributed by atoms with Crippen molar-refractivity contribution in [2.75, 3.05) is 0 Å². The highest BCUT2D eigenvalue weighted by atomic mass is 32.1.